The Bertz CT molecular complexity index is 933. The van der Waals surface area contributed by atoms with Crippen molar-refractivity contribution in [3.8, 4) is 0 Å². The minimum Gasteiger partial charge on any atom is -0.366 e. The second kappa shape index (κ2) is 9.20. The molecular weight excluding hydrogens is 392 g/mol. The highest BCUT2D eigenvalue weighted by atomic mass is 16.2. The van der Waals surface area contributed by atoms with E-state index in [1.807, 2.05) is 47.4 Å². The van der Waals surface area contributed by atoms with Crippen LogP contribution in [0.15, 0.2) is 54.6 Å². The third-order valence-corrected chi connectivity index (χ3v) is 6.02. The monoisotopic (exact) mass is 420 g/mol. The number of rotatable bonds is 6. The Balaban J connectivity index is 1.33. The number of nitrogens with two attached hydrogens (primary N) is 1. The van der Waals surface area contributed by atoms with E-state index in [-0.39, 0.29) is 17.9 Å². The van der Waals surface area contributed by atoms with E-state index in [0.717, 1.165) is 24.1 Å². The summed E-state index contributed by atoms with van der Waals surface area (Å²) in [7, 11) is 0. The van der Waals surface area contributed by atoms with E-state index >= 15 is 0 Å². The zero-order valence-corrected chi connectivity index (χ0v) is 17.5. The molecule has 1 saturated heterocycles. The topological polar surface area (TPSA) is 95.7 Å². The molecule has 0 unspecified atom stereocenters. The fraction of sp³-hybridized carbons (Fsp3) is 0.375. The van der Waals surface area contributed by atoms with Crippen molar-refractivity contribution >= 4 is 23.5 Å². The molecule has 0 spiro atoms. The van der Waals surface area contributed by atoms with Gasteiger partial charge in [-0.1, -0.05) is 30.3 Å². The van der Waals surface area contributed by atoms with Gasteiger partial charge in [-0.25, -0.2) is 4.79 Å². The van der Waals surface area contributed by atoms with Crippen LogP contribution < -0.4 is 11.1 Å². The van der Waals surface area contributed by atoms with Gasteiger partial charge in [-0.15, -0.1) is 0 Å². The maximum atomic E-state index is 13.3. The largest absolute Gasteiger partial charge is 0.366 e. The van der Waals surface area contributed by atoms with Crippen LogP contribution in [0.25, 0.3) is 0 Å². The van der Waals surface area contributed by atoms with Gasteiger partial charge in [0.15, 0.2) is 0 Å². The highest BCUT2D eigenvalue weighted by Gasteiger charge is 2.37. The number of urea groups is 1. The van der Waals surface area contributed by atoms with Gasteiger partial charge in [-0.3, -0.25) is 9.59 Å². The van der Waals surface area contributed by atoms with Crippen molar-refractivity contribution in [3.05, 3.63) is 65.7 Å². The number of para-hydroxylation sites is 1. The van der Waals surface area contributed by atoms with Gasteiger partial charge in [0, 0.05) is 42.8 Å². The average molecular weight is 421 g/mol. The maximum Gasteiger partial charge on any atom is 0.321 e. The van der Waals surface area contributed by atoms with Gasteiger partial charge in [0.25, 0.3) is 0 Å². The molecule has 3 N–H and O–H groups in total. The van der Waals surface area contributed by atoms with Crippen LogP contribution in [0, 0.1) is 5.92 Å². The van der Waals surface area contributed by atoms with Gasteiger partial charge in [0.1, 0.15) is 0 Å². The number of likely N-dealkylation sites (tertiary alicyclic amines) is 1. The number of piperidine rings is 1. The molecule has 1 aliphatic heterocycles. The van der Waals surface area contributed by atoms with Crippen LogP contribution in [0.3, 0.4) is 0 Å². The van der Waals surface area contributed by atoms with Crippen LogP contribution in [0.4, 0.5) is 10.5 Å². The number of hydrogen-bond donors (Lipinski definition) is 2. The summed E-state index contributed by atoms with van der Waals surface area (Å²) in [6.45, 7) is 1.68. The number of primary amides is 1. The van der Waals surface area contributed by atoms with E-state index in [9.17, 15) is 14.4 Å². The minimum absolute atomic E-state index is 0.0636. The van der Waals surface area contributed by atoms with Crippen LogP contribution in [0.1, 0.15) is 41.6 Å². The van der Waals surface area contributed by atoms with Crippen molar-refractivity contribution in [1.82, 2.24) is 9.80 Å². The van der Waals surface area contributed by atoms with Crippen LogP contribution in [-0.4, -0.2) is 46.8 Å². The van der Waals surface area contributed by atoms with Crippen LogP contribution in [-0.2, 0) is 11.3 Å². The van der Waals surface area contributed by atoms with Crippen molar-refractivity contribution in [2.24, 2.45) is 11.7 Å². The molecule has 0 bridgehead atoms. The lowest BCUT2D eigenvalue weighted by Gasteiger charge is -2.34. The van der Waals surface area contributed by atoms with E-state index in [1.165, 1.54) is 0 Å². The molecule has 162 valence electrons. The molecule has 1 saturated carbocycles. The fourth-order valence-corrected chi connectivity index (χ4v) is 4.03. The number of benzene rings is 2. The van der Waals surface area contributed by atoms with E-state index in [2.05, 4.69) is 5.32 Å². The lowest BCUT2D eigenvalue weighted by molar-refractivity contribution is -0.138. The molecule has 0 radical (unpaired) electrons. The second-order valence-electron chi connectivity index (χ2n) is 8.32. The Morgan fingerprint density at radius 3 is 2.16 bits per heavy atom. The van der Waals surface area contributed by atoms with E-state index in [4.69, 9.17) is 5.73 Å². The van der Waals surface area contributed by atoms with Gasteiger partial charge in [0.05, 0.1) is 0 Å². The third kappa shape index (κ3) is 5.23. The fourth-order valence-electron chi connectivity index (χ4n) is 4.03. The molecule has 4 amide bonds. The highest BCUT2D eigenvalue weighted by molar-refractivity contribution is 5.92. The van der Waals surface area contributed by atoms with Crippen molar-refractivity contribution < 1.29 is 14.4 Å². The summed E-state index contributed by atoms with van der Waals surface area (Å²) >= 11 is 0. The molecule has 1 aliphatic carbocycles. The minimum atomic E-state index is -0.454. The van der Waals surface area contributed by atoms with E-state index < -0.39 is 5.91 Å². The zero-order valence-electron chi connectivity index (χ0n) is 17.5. The molecule has 2 aliphatic rings. The van der Waals surface area contributed by atoms with Gasteiger partial charge < -0.3 is 20.9 Å². The Kier molecular flexibility index (Phi) is 6.21. The van der Waals surface area contributed by atoms with Crippen molar-refractivity contribution in [2.75, 3.05) is 18.4 Å². The predicted molar refractivity (Wildman–Crippen MR) is 118 cm³/mol. The summed E-state index contributed by atoms with van der Waals surface area (Å²) in [5, 5.41) is 2.91. The number of nitrogens with zero attached hydrogens (tertiary/aromatic N) is 2. The van der Waals surface area contributed by atoms with Gasteiger partial charge in [0.2, 0.25) is 11.8 Å². The summed E-state index contributed by atoms with van der Waals surface area (Å²) in [5.41, 5.74) is 7.54. The Morgan fingerprint density at radius 2 is 1.58 bits per heavy atom. The predicted octanol–water partition coefficient (Wildman–Crippen LogP) is 3.22. The summed E-state index contributed by atoms with van der Waals surface area (Å²) < 4.78 is 0. The number of carbonyl (C=O) groups is 3. The van der Waals surface area contributed by atoms with Gasteiger partial charge in [-0.05, 0) is 55.5 Å². The first kappa shape index (κ1) is 20.9. The molecular formula is C24H28N4O3. The molecule has 7 heteroatoms. The summed E-state index contributed by atoms with van der Waals surface area (Å²) in [6, 6.07) is 16.7. The first-order valence-electron chi connectivity index (χ1n) is 10.8. The molecule has 4 rings (SSSR count). The summed E-state index contributed by atoms with van der Waals surface area (Å²) in [5.74, 6) is -0.347. The quantitative estimate of drug-likeness (QED) is 0.751. The lowest BCUT2D eigenvalue weighted by Crippen LogP contribution is -2.46. The maximum absolute atomic E-state index is 13.3. The molecule has 2 fully saturated rings. The molecule has 2 aromatic carbocycles. The zero-order chi connectivity index (χ0) is 21.8. The average Bonchev–Trinajstić information content (AvgIpc) is 3.63. The molecule has 2 aromatic rings. The molecule has 31 heavy (non-hydrogen) atoms. The molecule has 1 heterocycles. The molecule has 7 nitrogen and oxygen atoms in total. The third-order valence-electron chi connectivity index (χ3n) is 6.02. The van der Waals surface area contributed by atoms with Crippen LogP contribution in [0.2, 0.25) is 0 Å². The first-order valence-corrected chi connectivity index (χ1v) is 10.8. The first-order chi connectivity index (χ1) is 15.0. The van der Waals surface area contributed by atoms with Crippen LogP contribution in [0.5, 0.6) is 0 Å². The standard InChI is InChI=1S/C24H28N4O3/c25-22(29)18-8-6-17(7-9-18)16-28(21-10-11-21)23(30)19-12-14-27(15-13-19)24(31)26-20-4-2-1-3-5-20/h1-9,19,21H,10-16H2,(H2,25,29)(H,26,31). The van der Waals surface area contributed by atoms with Gasteiger partial charge >= 0.3 is 6.03 Å². The Labute approximate surface area is 182 Å². The number of hydrogen-bond acceptors (Lipinski definition) is 3. The SMILES string of the molecule is NC(=O)c1ccc(CN(C(=O)C2CCN(C(=O)Nc3ccccc3)CC2)C2CC2)cc1. The molecule has 0 atom stereocenters. The number of carbonyl (C=O) groups excluding carboxylic acids is 3. The lowest BCUT2D eigenvalue weighted by atomic mass is 9.95. The Morgan fingerprint density at radius 1 is 0.935 bits per heavy atom. The van der Waals surface area contributed by atoms with Crippen molar-refractivity contribution in [3.63, 3.8) is 0 Å². The van der Waals surface area contributed by atoms with E-state index in [1.54, 1.807) is 17.0 Å². The van der Waals surface area contributed by atoms with Crippen molar-refractivity contribution in [1.29, 1.82) is 0 Å². The van der Waals surface area contributed by atoms with Gasteiger partial charge in [-0.2, -0.15) is 0 Å². The number of amides is 4. The number of nitrogens with one attached hydrogen (secondary N) is 1. The summed E-state index contributed by atoms with van der Waals surface area (Å²) in [4.78, 5) is 40.8. The Hall–Kier alpha value is -3.35. The van der Waals surface area contributed by atoms with E-state index in [0.29, 0.717) is 44.1 Å². The number of anilines is 1. The smallest absolute Gasteiger partial charge is 0.321 e. The second-order valence-corrected chi connectivity index (χ2v) is 8.32. The van der Waals surface area contributed by atoms with Crippen LogP contribution >= 0.6 is 0 Å². The normalized spacial score (nSPS) is 16.6. The highest BCUT2D eigenvalue weighted by Crippen LogP contribution is 2.32. The molecule has 0 aromatic heterocycles. The van der Waals surface area contributed by atoms with Crippen molar-refractivity contribution in [2.45, 2.75) is 38.3 Å². The summed E-state index contributed by atoms with van der Waals surface area (Å²) in [6.07, 6.45) is 3.41.